The second-order valence-electron chi connectivity index (χ2n) is 4.78. The highest BCUT2D eigenvalue weighted by molar-refractivity contribution is 5.48. The quantitative estimate of drug-likeness (QED) is 0.737. The fraction of sp³-hybridized carbons (Fsp3) is 0.294. The van der Waals surface area contributed by atoms with Crippen molar-refractivity contribution in [1.29, 1.82) is 0 Å². The molecule has 0 saturated carbocycles. The van der Waals surface area contributed by atoms with Gasteiger partial charge in [0.1, 0.15) is 6.04 Å². The maximum atomic E-state index is 5.35. The van der Waals surface area contributed by atoms with Crippen molar-refractivity contribution in [3.8, 4) is 23.0 Å². The van der Waals surface area contributed by atoms with Crippen LogP contribution in [-0.4, -0.2) is 28.4 Å². The lowest BCUT2D eigenvalue weighted by Gasteiger charge is -2.15. The summed E-state index contributed by atoms with van der Waals surface area (Å²) in [6, 6.07) is 11.5. The highest BCUT2D eigenvalue weighted by atomic mass is 35.5. The Bertz CT molecular complexity index is 593. The summed E-state index contributed by atoms with van der Waals surface area (Å²) < 4.78 is 21.2. The molecule has 0 radical (unpaired) electrons. The second kappa shape index (κ2) is 8.50. The topological polar surface area (TPSA) is 64.6 Å². The Morgan fingerprint density at radius 2 is 1.00 bits per heavy atom. The molecule has 3 N–H and O–H groups in total. The van der Waals surface area contributed by atoms with Crippen molar-refractivity contribution < 1.29 is 37.1 Å². The van der Waals surface area contributed by atoms with Crippen LogP contribution < -0.4 is 37.1 Å². The van der Waals surface area contributed by atoms with Crippen molar-refractivity contribution in [2.24, 2.45) is 0 Å². The van der Waals surface area contributed by atoms with Gasteiger partial charge in [0.05, 0.1) is 28.4 Å². The monoisotopic (exact) mass is 339 g/mol. The first kappa shape index (κ1) is 18.9. The highest BCUT2D eigenvalue weighted by Crippen LogP contribution is 2.33. The Morgan fingerprint density at radius 1 is 0.652 bits per heavy atom. The van der Waals surface area contributed by atoms with Crippen LogP contribution in [0, 0.1) is 0 Å². The van der Waals surface area contributed by atoms with E-state index in [-0.39, 0.29) is 18.4 Å². The van der Waals surface area contributed by atoms with Crippen LogP contribution >= 0.6 is 0 Å². The van der Waals surface area contributed by atoms with Crippen LogP contribution in [0.4, 0.5) is 0 Å². The Kier molecular flexibility index (Phi) is 7.00. The van der Waals surface area contributed by atoms with Gasteiger partial charge in [0.25, 0.3) is 0 Å². The van der Waals surface area contributed by atoms with Crippen molar-refractivity contribution in [2.75, 3.05) is 28.4 Å². The van der Waals surface area contributed by atoms with Gasteiger partial charge in [0.15, 0.2) is 23.0 Å². The highest BCUT2D eigenvalue weighted by Gasteiger charge is 2.17. The van der Waals surface area contributed by atoms with Crippen LogP contribution in [0.25, 0.3) is 0 Å². The third kappa shape index (κ3) is 4.00. The third-order valence-electron chi connectivity index (χ3n) is 3.62. The van der Waals surface area contributed by atoms with E-state index in [0.29, 0.717) is 23.0 Å². The Labute approximate surface area is 142 Å². The molecule has 0 aliphatic rings. The molecule has 0 aliphatic carbocycles. The molecular weight excluding hydrogens is 318 g/mol. The molecule has 0 amide bonds. The number of benzene rings is 2. The number of hydrogen-bond acceptors (Lipinski definition) is 4. The lowest BCUT2D eigenvalue weighted by molar-refractivity contribution is -0.411. The first-order valence-corrected chi connectivity index (χ1v) is 6.91. The summed E-state index contributed by atoms with van der Waals surface area (Å²) in [4.78, 5) is 0. The van der Waals surface area contributed by atoms with Crippen LogP contribution in [-0.2, 0) is 0 Å². The van der Waals surface area contributed by atoms with E-state index in [1.807, 2.05) is 36.4 Å². The summed E-state index contributed by atoms with van der Waals surface area (Å²) in [6.07, 6.45) is 0. The lowest BCUT2D eigenvalue weighted by Crippen LogP contribution is -3.00. The normalized spacial score (nSPS) is 10.0. The smallest absolute Gasteiger partial charge is 0.161 e. The van der Waals surface area contributed by atoms with Gasteiger partial charge in [-0.25, -0.2) is 0 Å². The maximum absolute atomic E-state index is 5.35. The van der Waals surface area contributed by atoms with E-state index in [1.165, 1.54) is 0 Å². The molecule has 0 fully saturated rings. The molecule has 126 valence electrons. The van der Waals surface area contributed by atoms with E-state index in [9.17, 15) is 0 Å². The molecule has 0 saturated heterocycles. The molecule has 23 heavy (non-hydrogen) atoms. The average Bonchev–Trinajstić information content (AvgIpc) is 2.59. The molecular formula is C17H22ClNO4. The number of methoxy groups -OCH3 is 4. The Balaban J connectivity index is 0.00000264. The van der Waals surface area contributed by atoms with E-state index in [4.69, 9.17) is 18.9 Å². The first-order valence-electron chi connectivity index (χ1n) is 6.91. The molecule has 0 atom stereocenters. The van der Waals surface area contributed by atoms with Gasteiger partial charge in [0, 0.05) is 11.1 Å². The summed E-state index contributed by atoms with van der Waals surface area (Å²) in [5.41, 5.74) is 6.31. The van der Waals surface area contributed by atoms with Crippen LogP contribution in [0.15, 0.2) is 36.4 Å². The standard InChI is InChI=1S/C17H21NO4.ClH/c1-19-13-7-5-11(9-15(13)21-3)17(18)12-6-8-14(20-2)16(10-12)22-4;/h5-10,17H,18H2,1-4H3;1H. The molecule has 0 aromatic heterocycles. The van der Waals surface area contributed by atoms with E-state index in [2.05, 4.69) is 5.73 Å². The molecule has 2 aromatic rings. The van der Waals surface area contributed by atoms with Gasteiger partial charge in [-0.1, -0.05) is 0 Å². The van der Waals surface area contributed by atoms with E-state index < -0.39 is 0 Å². The number of halogens is 1. The van der Waals surface area contributed by atoms with Crippen molar-refractivity contribution in [2.45, 2.75) is 6.04 Å². The molecule has 5 nitrogen and oxygen atoms in total. The summed E-state index contributed by atoms with van der Waals surface area (Å²) in [7, 11) is 6.48. The first-order chi connectivity index (χ1) is 10.6. The van der Waals surface area contributed by atoms with Gasteiger partial charge in [-0.05, 0) is 36.4 Å². The van der Waals surface area contributed by atoms with Crippen LogP contribution in [0.2, 0.25) is 0 Å². The Hall–Kier alpha value is -2.11. The molecule has 0 aliphatic heterocycles. The molecule has 2 aromatic carbocycles. The van der Waals surface area contributed by atoms with Gasteiger partial charge < -0.3 is 37.1 Å². The summed E-state index contributed by atoms with van der Waals surface area (Å²) in [6.45, 7) is 0. The van der Waals surface area contributed by atoms with Crippen LogP contribution in [0.1, 0.15) is 17.2 Å². The van der Waals surface area contributed by atoms with Gasteiger partial charge in [0.2, 0.25) is 0 Å². The van der Waals surface area contributed by atoms with Crippen molar-refractivity contribution >= 4 is 0 Å². The molecule has 2 rings (SSSR count). The van der Waals surface area contributed by atoms with E-state index >= 15 is 0 Å². The third-order valence-corrected chi connectivity index (χ3v) is 3.62. The van der Waals surface area contributed by atoms with E-state index in [1.54, 1.807) is 28.4 Å². The van der Waals surface area contributed by atoms with Gasteiger partial charge in [-0.3, -0.25) is 0 Å². The molecule has 6 heteroatoms. The van der Waals surface area contributed by atoms with Gasteiger partial charge in [-0.2, -0.15) is 0 Å². The zero-order chi connectivity index (χ0) is 16.1. The predicted molar refractivity (Wildman–Crippen MR) is 83.8 cm³/mol. The molecule has 0 heterocycles. The minimum atomic E-state index is -0.0559. The van der Waals surface area contributed by atoms with Gasteiger partial charge >= 0.3 is 0 Å². The predicted octanol–water partition coefficient (Wildman–Crippen LogP) is -0.944. The summed E-state index contributed by atoms with van der Waals surface area (Å²) in [5, 5.41) is 0. The largest absolute Gasteiger partial charge is 1.00 e. The Morgan fingerprint density at radius 3 is 1.30 bits per heavy atom. The molecule has 0 spiro atoms. The molecule has 0 unspecified atom stereocenters. The zero-order valence-corrected chi connectivity index (χ0v) is 14.5. The minimum Gasteiger partial charge on any atom is -1.00 e. The van der Waals surface area contributed by atoms with Crippen LogP contribution in [0.3, 0.4) is 0 Å². The lowest BCUT2D eigenvalue weighted by atomic mass is 9.98. The minimum absolute atomic E-state index is 0. The van der Waals surface area contributed by atoms with Crippen molar-refractivity contribution in [3.63, 3.8) is 0 Å². The van der Waals surface area contributed by atoms with Gasteiger partial charge in [-0.15, -0.1) is 0 Å². The number of hydrogen-bond donors (Lipinski definition) is 1. The number of quaternary nitrogens is 1. The molecule has 0 bridgehead atoms. The zero-order valence-electron chi connectivity index (χ0n) is 13.8. The second-order valence-corrected chi connectivity index (χ2v) is 4.78. The fourth-order valence-electron chi connectivity index (χ4n) is 2.33. The summed E-state index contributed by atoms with van der Waals surface area (Å²) >= 11 is 0. The fourth-order valence-corrected chi connectivity index (χ4v) is 2.33. The number of rotatable bonds is 6. The number of ether oxygens (including phenoxy) is 4. The van der Waals surface area contributed by atoms with Crippen molar-refractivity contribution in [1.82, 2.24) is 0 Å². The van der Waals surface area contributed by atoms with Crippen LogP contribution in [0.5, 0.6) is 23.0 Å². The summed E-state index contributed by atoms with van der Waals surface area (Å²) in [5.74, 6) is 2.78. The maximum Gasteiger partial charge on any atom is 0.161 e. The van der Waals surface area contributed by atoms with Crippen molar-refractivity contribution in [3.05, 3.63) is 47.5 Å². The average molecular weight is 340 g/mol. The van der Waals surface area contributed by atoms with E-state index in [0.717, 1.165) is 11.1 Å². The SMILES string of the molecule is COc1ccc(C([NH3+])c2ccc(OC)c(OC)c2)cc1OC.[Cl-].